The van der Waals surface area contributed by atoms with Gasteiger partial charge in [0.05, 0.1) is 4.90 Å². The maximum Gasteiger partial charge on any atom is 0.261 e. The zero-order chi connectivity index (χ0) is 17.9. The molecule has 0 fully saturated rings. The van der Waals surface area contributed by atoms with Gasteiger partial charge in [-0.15, -0.1) is 0 Å². The van der Waals surface area contributed by atoms with Crippen molar-refractivity contribution in [3.63, 3.8) is 0 Å². The van der Waals surface area contributed by atoms with Crippen LogP contribution in [0.3, 0.4) is 0 Å². The number of nitrogens with one attached hydrogen (secondary N) is 2. The number of halogens is 2. The fourth-order valence-electron chi connectivity index (χ4n) is 2.00. The Morgan fingerprint density at radius 2 is 1.54 bits per heavy atom. The Morgan fingerprint density at radius 3 is 2.04 bits per heavy atom. The van der Waals surface area contributed by atoms with Gasteiger partial charge in [0, 0.05) is 11.7 Å². The van der Waals surface area contributed by atoms with Crippen molar-refractivity contribution in [1.29, 1.82) is 0 Å². The lowest BCUT2D eigenvalue weighted by Gasteiger charge is -2.11. The van der Waals surface area contributed by atoms with Crippen molar-refractivity contribution in [3.05, 3.63) is 59.7 Å². The fraction of sp³-hybridized carbons (Fsp3) is 0.188. The zero-order valence-electron chi connectivity index (χ0n) is 13.0. The van der Waals surface area contributed by atoms with Crippen LogP contribution in [-0.4, -0.2) is 20.4 Å². The summed E-state index contributed by atoms with van der Waals surface area (Å²) in [6.45, 7) is 3.38. The molecule has 0 aliphatic heterocycles. The van der Waals surface area contributed by atoms with Crippen molar-refractivity contribution in [2.45, 2.75) is 24.8 Å². The molecule has 0 aromatic heterocycles. The third-order valence-electron chi connectivity index (χ3n) is 3.00. The standard InChI is InChI=1S/C16H16F2N2O3S/c1-10(2)20-24(22,23)12-8-6-11(7-9-12)19-16(21)15-13(17)4-3-5-14(15)18/h3-10,20H,1-2H3,(H,19,21). The number of carbonyl (C=O) groups excluding carboxylic acids is 1. The van der Waals surface area contributed by atoms with Crippen molar-refractivity contribution in [1.82, 2.24) is 4.72 Å². The Morgan fingerprint density at radius 1 is 1.00 bits per heavy atom. The van der Waals surface area contributed by atoms with E-state index < -0.39 is 33.1 Å². The third-order valence-corrected chi connectivity index (χ3v) is 4.68. The Kier molecular flexibility index (Phi) is 5.30. The first-order valence-electron chi connectivity index (χ1n) is 7.08. The van der Waals surface area contributed by atoms with E-state index in [9.17, 15) is 22.0 Å². The van der Waals surface area contributed by atoms with Crippen LogP contribution in [0.5, 0.6) is 0 Å². The van der Waals surface area contributed by atoms with Crippen LogP contribution in [0.1, 0.15) is 24.2 Å². The minimum Gasteiger partial charge on any atom is -0.322 e. The number of rotatable bonds is 5. The molecule has 0 bridgehead atoms. The lowest BCUT2D eigenvalue weighted by Crippen LogP contribution is -2.30. The highest BCUT2D eigenvalue weighted by atomic mass is 32.2. The monoisotopic (exact) mass is 354 g/mol. The summed E-state index contributed by atoms with van der Waals surface area (Å²) in [4.78, 5) is 12.0. The van der Waals surface area contributed by atoms with Gasteiger partial charge in [0.1, 0.15) is 17.2 Å². The first kappa shape index (κ1) is 18.0. The van der Waals surface area contributed by atoms with Gasteiger partial charge in [0.2, 0.25) is 10.0 Å². The SMILES string of the molecule is CC(C)NS(=O)(=O)c1ccc(NC(=O)c2c(F)cccc2F)cc1. The van der Waals surface area contributed by atoms with Crippen LogP contribution >= 0.6 is 0 Å². The highest BCUT2D eigenvalue weighted by Crippen LogP contribution is 2.17. The van der Waals surface area contributed by atoms with Crippen LogP contribution < -0.4 is 10.0 Å². The number of sulfonamides is 1. The van der Waals surface area contributed by atoms with E-state index in [-0.39, 0.29) is 16.6 Å². The molecule has 24 heavy (non-hydrogen) atoms. The first-order chi connectivity index (χ1) is 11.2. The molecule has 0 atom stereocenters. The second kappa shape index (κ2) is 7.06. The zero-order valence-corrected chi connectivity index (χ0v) is 13.8. The summed E-state index contributed by atoms with van der Waals surface area (Å²) in [5, 5.41) is 2.33. The van der Waals surface area contributed by atoms with Crippen molar-refractivity contribution < 1.29 is 22.0 Å². The van der Waals surface area contributed by atoms with Gasteiger partial charge in [0.15, 0.2) is 0 Å². The minimum absolute atomic E-state index is 0.0197. The molecule has 0 saturated heterocycles. The Hall–Kier alpha value is -2.32. The molecule has 2 aromatic carbocycles. The molecular formula is C16H16F2N2O3S. The molecule has 0 aliphatic rings. The Labute approximate surface area is 138 Å². The summed E-state index contributed by atoms with van der Waals surface area (Å²) in [5.41, 5.74) is -0.484. The topological polar surface area (TPSA) is 75.3 Å². The van der Waals surface area contributed by atoms with Crippen LogP contribution in [-0.2, 0) is 10.0 Å². The Balaban J connectivity index is 2.19. The third kappa shape index (κ3) is 4.15. The van der Waals surface area contributed by atoms with Crippen LogP contribution in [0.15, 0.2) is 47.4 Å². The molecule has 1 amide bonds. The van der Waals surface area contributed by atoms with E-state index in [1.165, 1.54) is 24.3 Å². The van der Waals surface area contributed by atoms with E-state index in [0.717, 1.165) is 18.2 Å². The van der Waals surface area contributed by atoms with Crippen LogP contribution in [0.25, 0.3) is 0 Å². The van der Waals surface area contributed by atoms with Gasteiger partial charge in [-0.2, -0.15) is 0 Å². The van der Waals surface area contributed by atoms with Gasteiger partial charge in [-0.05, 0) is 50.2 Å². The van der Waals surface area contributed by atoms with E-state index in [2.05, 4.69) is 10.0 Å². The summed E-state index contributed by atoms with van der Waals surface area (Å²) in [7, 11) is -3.65. The second-order valence-corrected chi connectivity index (χ2v) is 7.07. The van der Waals surface area contributed by atoms with Crippen LogP contribution in [0, 0.1) is 11.6 Å². The van der Waals surface area contributed by atoms with Crippen molar-refractivity contribution in [2.24, 2.45) is 0 Å². The van der Waals surface area contributed by atoms with Crippen molar-refractivity contribution >= 4 is 21.6 Å². The number of hydrogen-bond acceptors (Lipinski definition) is 3. The fourth-order valence-corrected chi connectivity index (χ4v) is 3.26. The van der Waals surface area contributed by atoms with E-state index >= 15 is 0 Å². The van der Waals surface area contributed by atoms with Gasteiger partial charge < -0.3 is 5.32 Å². The summed E-state index contributed by atoms with van der Waals surface area (Å²) < 4.78 is 53.5. The molecular weight excluding hydrogens is 338 g/mol. The summed E-state index contributed by atoms with van der Waals surface area (Å²) in [6, 6.07) is 8.10. The van der Waals surface area contributed by atoms with Gasteiger partial charge >= 0.3 is 0 Å². The summed E-state index contributed by atoms with van der Waals surface area (Å²) in [6.07, 6.45) is 0. The molecule has 5 nitrogen and oxygen atoms in total. The molecule has 2 aromatic rings. The average Bonchev–Trinajstić information content (AvgIpc) is 2.46. The first-order valence-corrected chi connectivity index (χ1v) is 8.57. The largest absolute Gasteiger partial charge is 0.322 e. The van der Waals surface area contributed by atoms with Gasteiger partial charge in [-0.25, -0.2) is 21.9 Å². The highest BCUT2D eigenvalue weighted by molar-refractivity contribution is 7.89. The van der Waals surface area contributed by atoms with Crippen molar-refractivity contribution in [3.8, 4) is 0 Å². The van der Waals surface area contributed by atoms with Gasteiger partial charge in [0.25, 0.3) is 5.91 Å². The number of carbonyl (C=O) groups is 1. The number of anilines is 1. The number of benzene rings is 2. The Bertz CT molecular complexity index is 830. The van der Waals surface area contributed by atoms with E-state index in [1.54, 1.807) is 13.8 Å². The molecule has 128 valence electrons. The number of amides is 1. The molecule has 0 unspecified atom stereocenters. The van der Waals surface area contributed by atoms with Crippen LogP contribution in [0.2, 0.25) is 0 Å². The lowest BCUT2D eigenvalue weighted by molar-refractivity contribution is 0.101. The molecule has 8 heteroatoms. The summed E-state index contributed by atoms with van der Waals surface area (Å²) >= 11 is 0. The van der Waals surface area contributed by atoms with E-state index in [0.29, 0.717) is 0 Å². The van der Waals surface area contributed by atoms with E-state index in [4.69, 9.17) is 0 Å². The maximum absolute atomic E-state index is 13.6. The quantitative estimate of drug-likeness (QED) is 0.867. The lowest BCUT2D eigenvalue weighted by atomic mass is 10.2. The molecule has 2 N–H and O–H groups in total. The smallest absolute Gasteiger partial charge is 0.261 e. The normalized spacial score (nSPS) is 11.5. The minimum atomic E-state index is -3.65. The molecule has 0 radical (unpaired) electrons. The molecule has 0 aliphatic carbocycles. The molecule has 0 saturated carbocycles. The maximum atomic E-state index is 13.6. The van der Waals surface area contributed by atoms with Gasteiger partial charge in [-0.3, -0.25) is 4.79 Å². The molecule has 2 rings (SSSR count). The van der Waals surface area contributed by atoms with Crippen molar-refractivity contribution in [2.75, 3.05) is 5.32 Å². The highest BCUT2D eigenvalue weighted by Gasteiger charge is 2.18. The molecule has 0 heterocycles. The predicted molar refractivity (Wildman–Crippen MR) is 86.2 cm³/mol. The molecule has 0 spiro atoms. The van der Waals surface area contributed by atoms with E-state index in [1.807, 2.05) is 0 Å². The van der Waals surface area contributed by atoms with Gasteiger partial charge in [-0.1, -0.05) is 6.07 Å². The predicted octanol–water partition coefficient (Wildman–Crippen LogP) is 2.90. The number of hydrogen-bond donors (Lipinski definition) is 2. The van der Waals surface area contributed by atoms with Crippen LogP contribution in [0.4, 0.5) is 14.5 Å². The second-order valence-electron chi connectivity index (χ2n) is 5.35. The average molecular weight is 354 g/mol. The summed E-state index contributed by atoms with van der Waals surface area (Å²) in [5.74, 6) is -2.91.